The molecule has 2 aromatic carbocycles. The molecule has 0 aliphatic carbocycles. The number of hydrogen-bond acceptors (Lipinski definition) is 3. The van der Waals surface area contributed by atoms with Gasteiger partial charge in [-0.1, -0.05) is 42.5 Å². The average Bonchev–Trinajstić information content (AvgIpc) is 2.87. The molecule has 1 atom stereocenters. The zero-order valence-electron chi connectivity index (χ0n) is 15.0. The summed E-state index contributed by atoms with van der Waals surface area (Å²) in [6.07, 6.45) is 0.548. The summed E-state index contributed by atoms with van der Waals surface area (Å²) in [4.78, 5) is 16.8. The number of hydrogen-bond donors (Lipinski definition) is 0. The molecule has 0 N–H and O–H groups in total. The Bertz CT molecular complexity index is 685. The largest absolute Gasteiger partial charge is 0.481 e. The van der Waals surface area contributed by atoms with Crippen molar-refractivity contribution in [2.45, 2.75) is 19.4 Å². The lowest BCUT2D eigenvalue weighted by Gasteiger charge is -2.24. The predicted octanol–water partition coefficient (Wildman–Crippen LogP) is 3.29. The molecule has 1 saturated heterocycles. The molecule has 1 heterocycles. The number of carbonyl (C=O) groups is 1. The van der Waals surface area contributed by atoms with Gasteiger partial charge in [0.05, 0.1) is 0 Å². The zero-order chi connectivity index (χ0) is 17.6. The Labute approximate surface area is 150 Å². The molecular weight excluding hydrogens is 312 g/mol. The standard InChI is InChI=1S/C21H26N2O2/c1-17(21(24)23-14-6-13-22(2)15-16-23)25-20-11-9-19(10-12-20)18-7-4-3-5-8-18/h3-5,7-12,17H,6,13-16H2,1-2H3. The highest BCUT2D eigenvalue weighted by Crippen LogP contribution is 2.23. The number of benzene rings is 2. The third-order valence-corrected chi connectivity index (χ3v) is 4.65. The number of likely N-dealkylation sites (N-methyl/N-ethyl adjacent to an activating group) is 1. The van der Waals surface area contributed by atoms with Crippen LogP contribution in [0.1, 0.15) is 13.3 Å². The predicted molar refractivity (Wildman–Crippen MR) is 101 cm³/mol. The minimum Gasteiger partial charge on any atom is -0.481 e. The molecule has 0 radical (unpaired) electrons. The van der Waals surface area contributed by atoms with E-state index in [1.165, 1.54) is 5.56 Å². The summed E-state index contributed by atoms with van der Waals surface area (Å²) in [5.74, 6) is 0.801. The van der Waals surface area contributed by atoms with E-state index in [1.807, 2.05) is 54.3 Å². The molecule has 25 heavy (non-hydrogen) atoms. The van der Waals surface area contributed by atoms with Gasteiger partial charge in [-0.25, -0.2) is 0 Å². The van der Waals surface area contributed by atoms with Gasteiger partial charge in [-0.2, -0.15) is 0 Å². The highest BCUT2D eigenvalue weighted by atomic mass is 16.5. The van der Waals surface area contributed by atoms with Crippen LogP contribution in [-0.2, 0) is 4.79 Å². The molecule has 4 nitrogen and oxygen atoms in total. The van der Waals surface area contributed by atoms with Crippen molar-refractivity contribution in [1.82, 2.24) is 9.80 Å². The van der Waals surface area contributed by atoms with Crippen LogP contribution in [0, 0.1) is 0 Å². The fourth-order valence-corrected chi connectivity index (χ4v) is 3.14. The third kappa shape index (κ3) is 4.60. The second kappa shape index (κ2) is 8.17. The van der Waals surface area contributed by atoms with Crippen LogP contribution in [-0.4, -0.2) is 55.0 Å². The van der Waals surface area contributed by atoms with Crippen molar-refractivity contribution in [2.75, 3.05) is 33.2 Å². The molecule has 132 valence electrons. The summed E-state index contributed by atoms with van der Waals surface area (Å²) in [5, 5.41) is 0. The van der Waals surface area contributed by atoms with E-state index in [2.05, 4.69) is 24.1 Å². The molecular formula is C21H26N2O2. The van der Waals surface area contributed by atoms with Crippen LogP contribution in [0.4, 0.5) is 0 Å². The molecule has 3 rings (SSSR count). The summed E-state index contributed by atoms with van der Waals surface area (Å²) in [7, 11) is 2.10. The van der Waals surface area contributed by atoms with Crippen molar-refractivity contribution in [1.29, 1.82) is 0 Å². The maximum atomic E-state index is 12.6. The first-order valence-corrected chi connectivity index (χ1v) is 8.93. The maximum absolute atomic E-state index is 12.6. The number of amides is 1. The van der Waals surface area contributed by atoms with Gasteiger partial charge in [0.25, 0.3) is 5.91 Å². The average molecular weight is 338 g/mol. The van der Waals surface area contributed by atoms with Gasteiger partial charge in [0, 0.05) is 19.6 Å². The summed E-state index contributed by atoms with van der Waals surface area (Å²) >= 11 is 0. The van der Waals surface area contributed by atoms with Crippen LogP contribution in [0.2, 0.25) is 0 Å². The fourth-order valence-electron chi connectivity index (χ4n) is 3.14. The van der Waals surface area contributed by atoms with Gasteiger partial charge in [-0.05, 0) is 50.2 Å². The van der Waals surface area contributed by atoms with E-state index >= 15 is 0 Å². The van der Waals surface area contributed by atoms with E-state index in [4.69, 9.17) is 4.74 Å². The Morgan fingerprint density at radius 1 is 0.920 bits per heavy atom. The molecule has 0 spiro atoms. The van der Waals surface area contributed by atoms with Crippen molar-refractivity contribution >= 4 is 5.91 Å². The number of rotatable bonds is 4. The second-order valence-electron chi connectivity index (χ2n) is 6.63. The monoisotopic (exact) mass is 338 g/mol. The Morgan fingerprint density at radius 3 is 2.32 bits per heavy atom. The van der Waals surface area contributed by atoms with Crippen LogP contribution in [0.25, 0.3) is 11.1 Å². The van der Waals surface area contributed by atoms with Crippen molar-refractivity contribution in [2.24, 2.45) is 0 Å². The number of nitrogens with zero attached hydrogens (tertiary/aromatic N) is 2. The lowest BCUT2D eigenvalue weighted by molar-refractivity contribution is -0.137. The first-order valence-electron chi connectivity index (χ1n) is 8.93. The smallest absolute Gasteiger partial charge is 0.263 e. The Balaban J connectivity index is 1.60. The molecule has 1 fully saturated rings. The van der Waals surface area contributed by atoms with Gasteiger partial charge in [0.1, 0.15) is 5.75 Å². The van der Waals surface area contributed by atoms with Crippen LogP contribution in [0.5, 0.6) is 5.75 Å². The first-order chi connectivity index (χ1) is 12.1. The number of ether oxygens (including phenoxy) is 1. The van der Waals surface area contributed by atoms with E-state index in [1.54, 1.807) is 0 Å². The molecule has 4 heteroatoms. The highest BCUT2D eigenvalue weighted by Gasteiger charge is 2.23. The van der Waals surface area contributed by atoms with E-state index in [9.17, 15) is 4.79 Å². The molecule has 0 aromatic heterocycles. The van der Waals surface area contributed by atoms with Gasteiger partial charge >= 0.3 is 0 Å². The molecule has 2 aromatic rings. The van der Waals surface area contributed by atoms with Crippen molar-refractivity contribution in [3.8, 4) is 16.9 Å². The fraction of sp³-hybridized carbons (Fsp3) is 0.381. The van der Waals surface area contributed by atoms with E-state index in [0.717, 1.165) is 43.9 Å². The second-order valence-corrected chi connectivity index (χ2v) is 6.63. The molecule has 1 amide bonds. The normalized spacial score (nSPS) is 17.0. The SMILES string of the molecule is CC(Oc1ccc(-c2ccccc2)cc1)C(=O)N1CCCN(C)CC1. The Hall–Kier alpha value is -2.33. The van der Waals surface area contributed by atoms with Crippen LogP contribution >= 0.6 is 0 Å². The zero-order valence-corrected chi connectivity index (χ0v) is 15.0. The highest BCUT2D eigenvalue weighted by molar-refractivity contribution is 5.81. The lowest BCUT2D eigenvalue weighted by Crippen LogP contribution is -2.42. The van der Waals surface area contributed by atoms with E-state index < -0.39 is 6.10 Å². The van der Waals surface area contributed by atoms with Crippen LogP contribution in [0.15, 0.2) is 54.6 Å². The van der Waals surface area contributed by atoms with Crippen LogP contribution in [0.3, 0.4) is 0 Å². The van der Waals surface area contributed by atoms with E-state index in [-0.39, 0.29) is 5.91 Å². The van der Waals surface area contributed by atoms with Gasteiger partial charge in [-0.15, -0.1) is 0 Å². The topological polar surface area (TPSA) is 32.8 Å². The number of carbonyl (C=O) groups excluding carboxylic acids is 1. The Morgan fingerprint density at radius 2 is 1.60 bits per heavy atom. The molecule has 0 saturated carbocycles. The molecule has 0 bridgehead atoms. The van der Waals surface area contributed by atoms with Crippen LogP contribution < -0.4 is 4.74 Å². The van der Waals surface area contributed by atoms with Crippen molar-refractivity contribution < 1.29 is 9.53 Å². The molecule has 1 aliphatic rings. The quantitative estimate of drug-likeness (QED) is 0.858. The molecule has 1 aliphatic heterocycles. The maximum Gasteiger partial charge on any atom is 0.263 e. The lowest BCUT2D eigenvalue weighted by atomic mass is 10.1. The molecule has 1 unspecified atom stereocenters. The minimum absolute atomic E-state index is 0.0717. The van der Waals surface area contributed by atoms with Gasteiger partial charge in [-0.3, -0.25) is 4.79 Å². The van der Waals surface area contributed by atoms with Gasteiger partial charge in [0.15, 0.2) is 6.10 Å². The summed E-state index contributed by atoms with van der Waals surface area (Å²) < 4.78 is 5.88. The van der Waals surface area contributed by atoms with Crippen molar-refractivity contribution in [3.63, 3.8) is 0 Å². The van der Waals surface area contributed by atoms with Gasteiger partial charge in [0.2, 0.25) is 0 Å². The van der Waals surface area contributed by atoms with Gasteiger partial charge < -0.3 is 14.5 Å². The summed E-state index contributed by atoms with van der Waals surface area (Å²) in [6.45, 7) is 5.38. The minimum atomic E-state index is -0.467. The first kappa shape index (κ1) is 17.5. The summed E-state index contributed by atoms with van der Waals surface area (Å²) in [6, 6.07) is 18.2. The summed E-state index contributed by atoms with van der Waals surface area (Å²) in [5.41, 5.74) is 2.31. The Kier molecular flexibility index (Phi) is 5.71. The van der Waals surface area contributed by atoms with E-state index in [0.29, 0.717) is 0 Å². The van der Waals surface area contributed by atoms with Crippen molar-refractivity contribution in [3.05, 3.63) is 54.6 Å². The third-order valence-electron chi connectivity index (χ3n) is 4.65.